The number of rotatable bonds is 10. The smallest absolute Gasteiger partial charge is 0.323 e. The predicted molar refractivity (Wildman–Crippen MR) is 156 cm³/mol. The molecule has 0 unspecified atom stereocenters. The van der Waals surface area contributed by atoms with E-state index in [4.69, 9.17) is 4.74 Å². The van der Waals surface area contributed by atoms with Crippen LogP contribution in [-0.2, 0) is 19.4 Å². The van der Waals surface area contributed by atoms with Gasteiger partial charge in [0.15, 0.2) is 0 Å². The molecule has 2 aromatic carbocycles. The van der Waals surface area contributed by atoms with Crippen molar-refractivity contribution in [1.82, 2.24) is 0 Å². The number of thioether (sulfide) groups is 1. The van der Waals surface area contributed by atoms with Gasteiger partial charge in [-0.3, -0.25) is 4.79 Å². The van der Waals surface area contributed by atoms with Gasteiger partial charge in [0.05, 0.1) is 35.2 Å². The van der Waals surface area contributed by atoms with Crippen molar-refractivity contribution in [2.45, 2.75) is 63.1 Å². The number of nitrogens with zero attached hydrogens (tertiary/aromatic N) is 1. The van der Waals surface area contributed by atoms with Gasteiger partial charge in [-0.15, -0.1) is 11.8 Å². The Balaban J connectivity index is 1.98. The van der Waals surface area contributed by atoms with E-state index in [0.29, 0.717) is 41.7 Å². The van der Waals surface area contributed by atoms with Crippen LogP contribution in [0.25, 0.3) is 0 Å². The fourth-order valence-electron chi connectivity index (χ4n) is 4.46. The Hall–Kier alpha value is -2.86. The lowest BCUT2D eigenvalue weighted by Crippen LogP contribution is -2.43. The molecule has 0 bridgehead atoms. The van der Waals surface area contributed by atoms with E-state index >= 15 is 0 Å². The number of urea groups is 1. The Morgan fingerprint density at radius 2 is 1.73 bits per heavy atom. The van der Waals surface area contributed by atoms with Crippen LogP contribution in [0.4, 0.5) is 30.6 Å². The number of amides is 2. The minimum absolute atomic E-state index is 0.0708. The highest BCUT2D eigenvalue weighted by Crippen LogP contribution is 2.39. The first-order valence-corrected chi connectivity index (χ1v) is 15.8. The molecule has 12 heteroatoms. The van der Waals surface area contributed by atoms with Crippen molar-refractivity contribution in [2.24, 2.45) is 5.92 Å². The van der Waals surface area contributed by atoms with Crippen LogP contribution in [0.15, 0.2) is 41.3 Å². The van der Waals surface area contributed by atoms with Crippen molar-refractivity contribution in [3.05, 3.63) is 48.0 Å². The molecule has 1 fully saturated rings. The van der Waals surface area contributed by atoms with Gasteiger partial charge in [0.2, 0.25) is 0 Å². The summed E-state index contributed by atoms with van der Waals surface area (Å²) in [6.45, 7) is 10.2. The standard InChI is InChI=1S/C28H37F2N3O5S2/c1-6-38-26(34)28(4,5)39-21-8-10-25(33(17-18(2)3)20-11-13-40(36,37)14-12-20)24(16-21)32-27(35)31-23-9-7-19(29)15-22(23)30/h7-10,15-16,18,20H,6,11-14,17H2,1-5H3,(H2,31,32,35). The summed E-state index contributed by atoms with van der Waals surface area (Å²) in [5.74, 6) is -1.67. The third-order valence-electron chi connectivity index (χ3n) is 6.37. The Bertz CT molecular complexity index is 1320. The van der Waals surface area contributed by atoms with Gasteiger partial charge in [0.1, 0.15) is 26.2 Å². The molecule has 3 rings (SSSR count). The lowest BCUT2D eigenvalue weighted by atomic mass is 10.0. The molecule has 0 aliphatic carbocycles. The molecule has 2 aromatic rings. The number of sulfone groups is 1. The highest BCUT2D eigenvalue weighted by atomic mass is 32.2. The van der Waals surface area contributed by atoms with E-state index in [2.05, 4.69) is 29.4 Å². The summed E-state index contributed by atoms with van der Waals surface area (Å²) in [4.78, 5) is 28.3. The number of hydrogen-bond acceptors (Lipinski definition) is 7. The van der Waals surface area contributed by atoms with Crippen LogP contribution < -0.4 is 15.5 Å². The van der Waals surface area contributed by atoms with Gasteiger partial charge < -0.3 is 20.3 Å². The fourth-order valence-corrected chi connectivity index (χ4v) is 6.97. The molecule has 220 valence electrons. The van der Waals surface area contributed by atoms with E-state index in [9.17, 15) is 26.8 Å². The third-order valence-corrected chi connectivity index (χ3v) is 9.25. The van der Waals surface area contributed by atoms with E-state index in [1.54, 1.807) is 26.8 Å². The minimum atomic E-state index is -3.09. The van der Waals surface area contributed by atoms with Gasteiger partial charge in [-0.25, -0.2) is 22.0 Å². The summed E-state index contributed by atoms with van der Waals surface area (Å²) in [5, 5.41) is 5.21. The largest absolute Gasteiger partial charge is 0.465 e. The molecule has 2 N–H and O–H groups in total. The van der Waals surface area contributed by atoms with Gasteiger partial charge >= 0.3 is 12.0 Å². The second kappa shape index (κ2) is 13.2. The van der Waals surface area contributed by atoms with Crippen LogP contribution in [0.3, 0.4) is 0 Å². The van der Waals surface area contributed by atoms with Gasteiger partial charge in [0, 0.05) is 23.5 Å². The van der Waals surface area contributed by atoms with E-state index in [1.165, 1.54) is 11.8 Å². The number of benzene rings is 2. The number of halogens is 2. The lowest BCUT2D eigenvalue weighted by molar-refractivity contribution is -0.145. The maximum absolute atomic E-state index is 14.2. The first kappa shape index (κ1) is 31.7. The maximum atomic E-state index is 14.2. The summed E-state index contributed by atoms with van der Waals surface area (Å²) < 4.78 is 56.1. The molecule has 0 spiro atoms. The van der Waals surface area contributed by atoms with Crippen LogP contribution >= 0.6 is 11.8 Å². The molecule has 0 aromatic heterocycles. The van der Waals surface area contributed by atoms with Crippen LogP contribution in [-0.4, -0.2) is 55.9 Å². The normalized spacial score (nSPS) is 15.5. The molecule has 1 aliphatic rings. The van der Waals surface area contributed by atoms with E-state index in [1.807, 2.05) is 12.1 Å². The average Bonchev–Trinajstić information content (AvgIpc) is 2.85. The first-order chi connectivity index (χ1) is 18.7. The lowest BCUT2D eigenvalue weighted by Gasteiger charge is -2.38. The van der Waals surface area contributed by atoms with Crippen LogP contribution in [0.5, 0.6) is 0 Å². The highest BCUT2D eigenvalue weighted by Gasteiger charge is 2.33. The van der Waals surface area contributed by atoms with Crippen molar-refractivity contribution in [3.8, 4) is 0 Å². The molecular formula is C28H37F2N3O5S2. The Kier molecular flexibility index (Phi) is 10.5. The SMILES string of the molecule is CCOC(=O)C(C)(C)Sc1ccc(N(CC(C)C)C2CCS(=O)(=O)CC2)c(NC(=O)Nc2ccc(F)cc2F)c1. The summed E-state index contributed by atoms with van der Waals surface area (Å²) in [5.41, 5.74) is 0.885. The molecule has 0 radical (unpaired) electrons. The number of carbonyl (C=O) groups excluding carboxylic acids is 2. The highest BCUT2D eigenvalue weighted by molar-refractivity contribution is 8.01. The molecule has 8 nitrogen and oxygen atoms in total. The molecule has 0 atom stereocenters. The Labute approximate surface area is 239 Å². The maximum Gasteiger partial charge on any atom is 0.323 e. The van der Waals surface area contributed by atoms with E-state index in [0.717, 1.165) is 12.1 Å². The third kappa shape index (κ3) is 8.57. The molecule has 0 saturated carbocycles. The number of hydrogen-bond donors (Lipinski definition) is 2. The van der Waals surface area contributed by atoms with Gasteiger partial charge in [-0.1, -0.05) is 13.8 Å². The Morgan fingerprint density at radius 3 is 2.33 bits per heavy atom. The predicted octanol–water partition coefficient (Wildman–Crippen LogP) is 6.08. The quantitative estimate of drug-likeness (QED) is 0.253. The van der Waals surface area contributed by atoms with Crippen molar-refractivity contribution < 1.29 is 31.5 Å². The number of anilines is 3. The minimum Gasteiger partial charge on any atom is -0.465 e. The van der Waals surface area contributed by atoms with Gasteiger partial charge in [-0.2, -0.15) is 0 Å². The van der Waals surface area contributed by atoms with Gasteiger partial charge in [0.25, 0.3) is 0 Å². The first-order valence-electron chi connectivity index (χ1n) is 13.2. The zero-order valence-corrected chi connectivity index (χ0v) is 25.1. The van der Waals surface area contributed by atoms with Crippen molar-refractivity contribution >= 4 is 50.7 Å². The molecule has 1 saturated heterocycles. The molecular weight excluding hydrogens is 560 g/mol. The van der Waals surface area contributed by atoms with Crippen LogP contribution in [0.2, 0.25) is 0 Å². The van der Waals surface area contributed by atoms with Crippen molar-refractivity contribution in [3.63, 3.8) is 0 Å². The zero-order chi connectivity index (χ0) is 29.7. The Morgan fingerprint density at radius 1 is 1.07 bits per heavy atom. The van der Waals surface area contributed by atoms with E-state index < -0.39 is 32.2 Å². The van der Waals surface area contributed by atoms with Gasteiger partial charge in [-0.05, 0) is 69.9 Å². The second-order valence-corrected chi connectivity index (χ2v) is 14.6. The number of esters is 1. The summed E-state index contributed by atoms with van der Waals surface area (Å²) in [6.07, 6.45) is 0.905. The summed E-state index contributed by atoms with van der Waals surface area (Å²) >= 11 is 1.27. The number of nitrogens with one attached hydrogen (secondary N) is 2. The summed E-state index contributed by atoms with van der Waals surface area (Å²) in [7, 11) is -3.09. The van der Waals surface area contributed by atoms with Crippen molar-refractivity contribution in [2.75, 3.05) is 40.2 Å². The van der Waals surface area contributed by atoms with Crippen molar-refractivity contribution in [1.29, 1.82) is 0 Å². The average molecular weight is 598 g/mol. The van der Waals surface area contributed by atoms with E-state index in [-0.39, 0.29) is 41.7 Å². The molecule has 1 heterocycles. The zero-order valence-electron chi connectivity index (χ0n) is 23.4. The second-order valence-electron chi connectivity index (χ2n) is 10.6. The van der Waals surface area contributed by atoms with Crippen LogP contribution in [0.1, 0.15) is 47.5 Å². The van der Waals surface area contributed by atoms with Crippen LogP contribution in [0, 0.1) is 17.6 Å². The fraction of sp³-hybridized carbons (Fsp3) is 0.500. The topological polar surface area (TPSA) is 105 Å². The number of carbonyl (C=O) groups is 2. The molecule has 2 amide bonds. The summed E-state index contributed by atoms with van der Waals surface area (Å²) in [6, 6.07) is 7.45. The number of ether oxygens (including phenoxy) is 1. The molecule has 1 aliphatic heterocycles. The molecule has 40 heavy (non-hydrogen) atoms. The monoisotopic (exact) mass is 597 g/mol.